The number of anilines is 1. The second kappa shape index (κ2) is 6.77. The van der Waals surface area contributed by atoms with Crippen molar-refractivity contribution in [3.63, 3.8) is 0 Å². The van der Waals surface area contributed by atoms with Gasteiger partial charge >= 0.3 is 0 Å². The Morgan fingerprint density at radius 3 is 2.42 bits per heavy atom. The van der Waals surface area contributed by atoms with Crippen molar-refractivity contribution < 1.29 is 4.74 Å². The second-order valence-electron chi connectivity index (χ2n) is 4.38. The molecule has 0 atom stereocenters. The molecule has 5 heteroatoms. The minimum Gasteiger partial charge on any atom is -0.491 e. The zero-order chi connectivity index (χ0) is 13.8. The molecule has 0 amide bonds. The van der Waals surface area contributed by atoms with Crippen LogP contribution in [0.25, 0.3) is 0 Å². The number of benzene rings is 1. The summed E-state index contributed by atoms with van der Waals surface area (Å²) in [5.41, 5.74) is 1.09. The zero-order valence-electron chi connectivity index (χ0n) is 10.7. The number of hydrogen-bond acceptors (Lipinski definition) is 3. The number of ether oxygens (including phenoxy) is 1. The van der Waals surface area contributed by atoms with Crippen molar-refractivity contribution in [3.8, 4) is 5.75 Å². The molecule has 102 valence electrons. The van der Waals surface area contributed by atoms with Gasteiger partial charge in [0.05, 0.1) is 9.89 Å². The van der Waals surface area contributed by atoms with E-state index in [1.165, 1.54) is 4.88 Å². The van der Waals surface area contributed by atoms with Crippen molar-refractivity contribution in [1.82, 2.24) is 0 Å². The summed E-state index contributed by atoms with van der Waals surface area (Å²) in [7, 11) is 0. The zero-order valence-corrected chi connectivity index (χ0v) is 14.7. The summed E-state index contributed by atoms with van der Waals surface area (Å²) in [5, 5.41) is 3.40. The third-order valence-corrected chi connectivity index (χ3v) is 5.65. The lowest BCUT2D eigenvalue weighted by Gasteiger charge is -2.10. The summed E-state index contributed by atoms with van der Waals surface area (Å²) in [4.78, 5) is 1.28. The largest absolute Gasteiger partial charge is 0.491 e. The van der Waals surface area contributed by atoms with Gasteiger partial charge in [-0.2, -0.15) is 0 Å². The van der Waals surface area contributed by atoms with Crippen LogP contribution in [-0.2, 0) is 6.54 Å². The monoisotopic (exact) mass is 403 g/mol. The number of hydrogen-bond donors (Lipinski definition) is 1. The topological polar surface area (TPSA) is 21.3 Å². The van der Waals surface area contributed by atoms with Crippen molar-refractivity contribution >= 4 is 48.9 Å². The summed E-state index contributed by atoms with van der Waals surface area (Å²) >= 11 is 8.72. The summed E-state index contributed by atoms with van der Waals surface area (Å²) in [6.07, 6.45) is 0.208. The van der Waals surface area contributed by atoms with E-state index in [0.29, 0.717) is 0 Å². The highest BCUT2D eigenvalue weighted by atomic mass is 79.9. The summed E-state index contributed by atoms with van der Waals surface area (Å²) in [6, 6.07) is 10.2. The first-order valence-electron chi connectivity index (χ1n) is 5.99. The fourth-order valence-corrected chi connectivity index (χ4v) is 3.71. The average molecular weight is 405 g/mol. The molecule has 0 saturated carbocycles. The first kappa shape index (κ1) is 14.9. The van der Waals surface area contributed by atoms with Gasteiger partial charge in [-0.15, -0.1) is 11.3 Å². The van der Waals surface area contributed by atoms with Crippen molar-refractivity contribution in [2.24, 2.45) is 0 Å². The number of rotatable bonds is 5. The smallest absolute Gasteiger partial charge is 0.119 e. The Hall–Kier alpha value is -0.520. The molecule has 0 aliphatic carbocycles. The van der Waals surface area contributed by atoms with E-state index in [-0.39, 0.29) is 6.10 Å². The van der Waals surface area contributed by atoms with Crippen LogP contribution in [0, 0.1) is 0 Å². The molecule has 0 radical (unpaired) electrons. The van der Waals surface area contributed by atoms with E-state index in [2.05, 4.69) is 43.2 Å². The Morgan fingerprint density at radius 1 is 1.21 bits per heavy atom. The molecule has 1 heterocycles. The third-order valence-electron chi connectivity index (χ3n) is 2.39. The van der Waals surface area contributed by atoms with Crippen LogP contribution in [0.3, 0.4) is 0 Å². The van der Waals surface area contributed by atoms with Gasteiger partial charge in [-0.3, -0.25) is 0 Å². The molecule has 0 bridgehead atoms. The van der Waals surface area contributed by atoms with Crippen molar-refractivity contribution in [1.29, 1.82) is 0 Å². The summed E-state index contributed by atoms with van der Waals surface area (Å²) < 4.78 is 7.85. The number of halogens is 2. The Kier molecular flexibility index (Phi) is 5.30. The molecule has 0 saturated heterocycles. The highest BCUT2D eigenvalue weighted by Crippen LogP contribution is 2.32. The average Bonchev–Trinajstić information content (AvgIpc) is 2.67. The van der Waals surface area contributed by atoms with Crippen LogP contribution in [0.4, 0.5) is 5.69 Å². The minimum absolute atomic E-state index is 0.208. The molecule has 2 aromatic rings. The Labute approximate surface area is 134 Å². The third kappa shape index (κ3) is 4.51. The first-order chi connectivity index (χ1) is 9.04. The van der Waals surface area contributed by atoms with Crippen LogP contribution in [0.5, 0.6) is 5.75 Å². The molecule has 1 aromatic carbocycles. The lowest BCUT2D eigenvalue weighted by atomic mass is 10.3. The van der Waals surface area contributed by atoms with Gasteiger partial charge in [0, 0.05) is 21.6 Å². The molecule has 0 spiro atoms. The van der Waals surface area contributed by atoms with Gasteiger partial charge in [0.15, 0.2) is 0 Å². The normalized spacial score (nSPS) is 10.8. The predicted octanol–water partition coefficient (Wildman–Crippen LogP) is 5.67. The maximum Gasteiger partial charge on any atom is 0.119 e. The van der Waals surface area contributed by atoms with Gasteiger partial charge in [-0.25, -0.2) is 0 Å². The van der Waals surface area contributed by atoms with Crippen molar-refractivity contribution in [3.05, 3.63) is 43.5 Å². The fraction of sp³-hybridized carbons (Fsp3) is 0.286. The molecular weight excluding hydrogens is 390 g/mol. The van der Waals surface area contributed by atoms with Gasteiger partial charge in [0.2, 0.25) is 0 Å². The number of nitrogens with one attached hydrogen (secondary N) is 1. The van der Waals surface area contributed by atoms with E-state index < -0.39 is 0 Å². The summed E-state index contributed by atoms with van der Waals surface area (Å²) in [6.45, 7) is 4.87. The Balaban J connectivity index is 1.92. The minimum atomic E-state index is 0.208. The highest BCUT2D eigenvalue weighted by molar-refractivity contribution is 9.13. The van der Waals surface area contributed by atoms with E-state index in [4.69, 9.17) is 4.74 Å². The molecule has 0 fully saturated rings. The number of thiophene rings is 1. The van der Waals surface area contributed by atoms with Gasteiger partial charge in [0.1, 0.15) is 5.75 Å². The molecule has 0 aliphatic rings. The molecule has 0 aliphatic heterocycles. The van der Waals surface area contributed by atoms with E-state index in [9.17, 15) is 0 Å². The fourth-order valence-electron chi connectivity index (χ4n) is 1.59. The van der Waals surface area contributed by atoms with Gasteiger partial charge in [-0.1, -0.05) is 0 Å². The van der Waals surface area contributed by atoms with Crippen LogP contribution in [0.1, 0.15) is 18.7 Å². The first-order valence-corrected chi connectivity index (χ1v) is 8.39. The van der Waals surface area contributed by atoms with Gasteiger partial charge in [0.25, 0.3) is 0 Å². The Bertz CT molecular complexity index is 517. The molecule has 0 unspecified atom stereocenters. The van der Waals surface area contributed by atoms with Crippen molar-refractivity contribution in [2.45, 2.75) is 26.5 Å². The Morgan fingerprint density at radius 2 is 1.89 bits per heavy atom. The molecule has 1 aromatic heterocycles. The SMILES string of the molecule is CC(C)Oc1ccc(NCc2cc(Br)c(Br)s2)cc1. The van der Waals surface area contributed by atoms with Crippen LogP contribution in [0.2, 0.25) is 0 Å². The van der Waals surface area contributed by atoms with Crippen LogP contribution < -0.4 is 10.1 Å². The molecule has 2 nitrogen and oxygen atoms in total. The molecule has 2 rings (SSSR count). The van der Waals surface area contributed by atoms with Gasteiger partial charge in [-0.05, 0) is 76.0 Å². The van der Waals surface area contributed by atoms with E-state index in [1.807, 2.05) is 38.1 Å². The summed E-state index contributed by atoms with van der Waals surface area (Å²) in [5.74, 6) is 0.905. The molecule has 1 N–H and O–H groups in total. The van der Waals surface area contributed by atoms with E-state index in [0.717, 1.165) is 26.2 Å². The van der Waals surface area contributed by atoms with Crippen LogP contribution in [-0.4, -0.2) is 6.10 Å². The standard InChI is InChI=1S/C14H15Br2NOS/c1-9(2)18-11-5-3-10(4-6-11)17-8-12-7-13(15)14(16)19-12/h3-7,9,17H,8H2,1-2H3. The maximum absolute atomic E-state index is 5.61. The molecule has 19 heavy (non-hydrogen) atoms. The lowest BCUT2D eigenvalue weighted by molar-refractivity contribution is 0.242. The highest BCUT2D eigenvalue weighted by Gasteiger charge is 2.04. The van der Waals surface area contributed by atoms with E-state index in [1.54, 1.807) is 11.3 Å². The molecular formula is C14H15Br2NOS. The quantitative estimate of drug-likeness (QED) is 0.692. The predicted molar refractivity (Wildman–Crippen MR) is 89.3 cm³/mol. The maximum atomic E-state index is 5.61. The van der Waals surface area contributed by atoms with Gasteiger partial charge < -0.3 is 10.1 Å². The second-order valence-corrected chi connectivity index (χ2v) is 7.69. The van der Waals surface area contributed by atoms with Crippen molar-refractivity contribution in [2.75, 3.05) is 5.32 Å². The van der Waals surface area contributed by atoms with Crippen LogP contribution >= 0.6 is 43.2 Å². The van der Waals surface area contributed by atoms with Crippen LogP contribution in [0.15, 0.2) is 38.6 Å². The van der Waals surface area contributed by atoms with E-state index >= 15 is 0 Å². The lowest BCUT2D eigenvalue weighted by Crippen LogP contribution is -2.05.